The molecule has 0 aliphatic carbocycles. The monoisotopic (exact) mass is 283 g/mol. The molecular weight excluding hydrogens is 273 g/mol. The minimum Gasteiger partial charge on any atom is -0.339 e. The molecule has 1 aromatic heterocycles. The maximum absolute atomic E-state index is 12.2. The van der Waals surface area contributed by atoms with Gasteiger partial charge in [-0.1, -0.05) is 23.2 Å². The fourth-order valence-corrected chi connectivity index (χ4v) is 2.20. The zero-order valence-corrected chi connectivity index (χ0v) is 11.1. The third-order valence-electron chi connectivity index (χ3n) is 3.01. The lowest BCUT2D eigenvalue weighted by Crippen LogP contribution is -2.38. The fourth-order valence-electron chi connectivity index (χ4n) is 1.93. The van der Waals surface area contributed by atoms with Crippen molar-refractivity contribution in [1.29, 1.82) is 5.26 Å². The minimum absolute atomic E-state index is 0.0565. The summed E-state index contributed by atoms with van der Waals surface area (Å²) >= 11 is 11.5. The molecule has 0 saturated carbocycles. The van der Waals surface area contributed by atoms with Crippen molar-refractivity contribution in [2.45, 2.75) is 12.8 Å². The summed E-state index contributed by atoms with van der Waals surface area (Å²) < 4.78 is 0. The smallest absolute Gasteiger partial charge is 0.255 e. The molecule has 1 amide bonds. The van der Waals surface area contributed by atoms with Crippen molar-refractivity contribution in [2.24, 2.45) is 5.92 Å². The molecule has 0 aromatic carbocycles. The van der Waals surface area contributed by atoms with E-state index in [4.69, 9.17) is 28.5 Å². The molecule has 1 aliphatic heterocycles. The van der Waals surface area contributed by atoms with Gasteiger partial charge in [-0.05, 0) is 18.9 Å². The SMILES string of the molecule is N#CC1CCN(C(=O)c2cnc(Cl)c(Cl)c2)CC1. The van der Waals surface area contributed by atoms with E-state index in [0.717, 1.165) is 12.8 Å². The highest BCUT2D eigenvalue weighted by atomic mass is 35.5. The number of aromatic nitrogens is 1. The molecule has 4 nitrogen and oxygen atoms in total. The summed E-state index contributed by atoms with van der Waals surface area (Å²) in [6, 6.07) is 3.75. The lowest BCUT2D eigenvalue weighted by atomic mass is 9.98. The van der Waals surface area contributed by atoms with Gasteiger partial charge in [0.2, 0.25) is 0 Å². The lowest BCUT2D eigenvalue weighted by Gasteiger charge is -2.29. The van der Waals surface area contributed by atoms with Crippen LogP contribution < -0.4 is 0 Å². The first-order valence-electron chi connectivity index (χ1n) is 5.61. The van der Waals surface area contributed by atoms with Gasteiger partial charge in [-0.25, -0.2) is 4.98 Å². The van der Waals surface area contributed by atoms with Gasteiger partial charge >= 0.3 is 0 Å². The lowest BCUT2D eigenvalue weighted by molar-refractivity contribution is 0.0707. The second kappa shape index (κ2) is 5.55. The number of rotatable bonds is 1. The van der Waals surface area contributed by atoms with Crippen LogP contribution in [0.25, 0.3) is 0 Å². The zero-order valence-electron chi connectivity index (χ0n) is 9.57. The average molecular weight is 284 g/mol. The number of amides is 1. The first kappa shape index (κ1) is 13.1. The third-order valence-corrected chi connectivity index (χ3v) is 3.69. The van der Waals surface area contributed by atoms with Gasteiger partial charge in [-0.15, -0.1) is 0 Å². The normalized spacial score (nSPS) is 16.4. The van der Waals surface area contributed by atoms with E-state index in [9.17, 15) is 4.79 Å². The molecule has 2 rings (SSSR count). The van der Waals surface area contributed by atoms with E-state index >= 15 is 0 Å². The van der Waals surface area contributed by atoms with Crippen LogP contribution in [0.4, 0.5) is 0 Å². The summed E-state index contributed by atoms with van der Waals surface area (Å²) in [5.74, 6) is -0.0570. The molecule has 1 saturated heterocycles. The quantitative estimate of drug-likeness (QED) is 0.745. The topological polar surface area (TPSA) is 57.0 Å². The van der Waals surface area contributed by atoms with E-state index in [1.54, 1.807) is 4.90 Å². The van der Waals surface area contributed by atoms with Crippen LogP contribution in [0.1, 0.15) is 23.2 Å². The van der Waals surface area contributed by atoms with Crippen LogP contribution in [-0.2, 0) is 0 Å². The summed E-state index contributed by atoms with van der Waals surface area (Å²) in [4.78, 5) is 17.7. The van der Waals surface area contributed by atoms with Gasteiger partial charge in [-0.3, -0.25) is 4.79 Å². The number of piperidine rings is 1. The van der Waals surface area contributed by atoms with Crippen molar-refractivity contribution in [3.63, 3.8) is 0 Å². The highest BCUT2D eigenvalue weighted by molar-refractivity contribution is 6.41. The van der Waals surface area contributed by atoms with E-state index in [0.29, 0.717) is 18.7 Å². The molecule has 0 atom stereocenters. The summed E-state index contributed by atoms with van der Waals surface area (Å²) in [7, 11) is 0. The number of carbonyl (C=O) groups excluding carboxylic acids is 1. The number of halogens is 2. The van der Waals surface area contributed by atoms with Gasteiger partial charge in [-0.2, -0.15) is 5.26 Å². The molecular formula is C12H11Cl2N3O. The number of pyridine rings is 1. The largest absolute Gasteiger partial charge is 0.339 e. The van der Waals surface area contributed by atoms with Crippen LogP contribution >= 0.6 is 23.2 Å². The predicted molar refractivity (Wildman–Crippen MR) is 68.5 cm³/mol. The van der Waals surface area contributed by atoms with Crippen molar-refractivity contribution in [1.82, 2.24) is 9.88 Å². The second-order valence-electron chi connectivity index (χ2n) is 4.19. The van der Waals surface area contributed by atoms with Crippen LogP contribution in [0.15, 0.2) is 12.3 Å². The first-order valence-corrected chi connectivity index (χ1v) is 6.37. The minimum atomic E-state index is -0.113. The van der Waals surface area contributed by atoms with Gasteiger partial charge in [0.25, 0.3) is 5.91 Å². The molecule has 0 bridgehead atoms. The Morgan fingerprint density at radius 3 is 2.67 bits per heavy atom. The van der Waals surface area contributed by atoms with Crippen molar-refractivity contribution < 1.29 is 4.79 Å². The van der Waals surface area contributed by atoms with Gasteiger partial charge in [0, 0.05) is 25.2 Å². The zero-order chi connectivity index (χ0) is 13.1. The van der Waals surface area contributed by atoms with E-state index in [2.05, 4.69) is 11.1 Å². The fraction of sp³-hybridized carbons (Fsp3) is 0.417. The van der Waals surface area contributed by atoms with E-state index < -0.39 is 0 Å². The number of carbonyl (C=O) groups is 1. The first-order chi connectivity index (χ1) is 8.61. The molecule has 0 spiro atoms. The Hall–Kier alpha value is -1.31. The molecule has 18 heavy (non-hydrogen) atoms. The Balaban J connectivity index is 2.08. The standard InChI is InChI=1S/C12H11Cl2N3O/c13-10-5-9(7-16-11(10)14)12(18)17-3-1-8(6-15)2-4-17/h5,7-8H,1-4H2. The molecule has 6 heteroatoms. The van der Waals surface area contributed by atoms with Gasteiger partial charge < -0.3 is 4.90 Å². The Morgan fingerprint density at radius 1 is 1.44 bits per heavy atom. The third kappa shape index (κ3) is 2.74. The summed E-state index contributed by atoms with van der Waals surface area (Å²) in [5.41, 5.74) is 0.430. The number of likely N-dealkylation sites (tertiary alicyclic amines) is 1. The molecule has 0 unspecified atom stereocenters. The second-order valence-corrected chi connectivity index (χ2v) is 4.96. The maximum atomic E-state index is 12.2. The highest BCUT2D eigenvalue weighted by Crippen LogP contribution is 2.22. The maximum Gasteiger partial charge on any atom is 0.255 e. The summed E-state index contributed by atoms with van der Waals surface area (Å²) in [6.07, 6.45) is 2.86. The number of hydrogen-bond donors (Lipinski definition) is 0. The average Bonchev–Trinajstić information content (AvgIpc) is 2.41. The molecule has 0 radical (unpaired) electrons. The molecule has 0 N–H and O–H groups in total. The summed E-state index contributed by atoms with van der Waals surface area (Å²) in [5, 5.41) is 9.27. The Kier molecular flexibility index (Phi) is 4.05. The molecule has 2 heterocycles. The van der Waals surface area contributed by atoms with E-state index in [1.165, 1.54) is 12.3 Å². The van der Waals surface area contributed by atoms with Crippen LogP contribution in [0, 0.1) is 17.2 Å². The van der Waals surface area contributed by atoms with Crippen LogP contribution in [-0.4, -0.2) is 28.9 Å². The van der Waals surface area contributed by atoms with Crippen molar-refractivity contribution in [3.8, 4) is 6.07 Å². The number of nitriles is 1. The van der Waals surface area contributed by atoms with Crippen molar-refractivity contribution in [2.75, 3.05) is 13.1 Å². The molecule has 1 fully saturated rings. The number of hydrogen-bond acceptors (Lipinski definition) is 3. The Bertz CT molecular complexity index is 505. The van der Waals surface area contributed by atoms with Crippen LogP contribution in [0.3, 0.4) is 0 Å². The van der Waals surface area contributed by atoms with Crippen molar-refractivity contribution in [3.05, 3.63) is 28.0 Å². The summed E-state index contributed by atoms with van der Waals surface area (Å²) in [6.45, 7) is 1.19. The predicted octanol–water partition coefficient (Wildman–Crippen LogP) is 2.76. The molecule has 94 valence electrons. The Labute approximate surface area is 115 Å². The van der Waals surface area contributed by atoms with Crippen molar-refractivity contribution >= 4 is 29.1 Å². The van der Waals surface area contributed by atoms with Gasteiger partial charge in [0.15, 0.2) is 0 Å². The van der Waals surface area contributed by atoms with Crippen LogP contribution in [0.5, 0.6) is 0 Å². The number of nitrogens with zero attached hydrogens (tertiary/aromatic N) is 3. The van der Waals surface area contributed by atoms with E-state index in [-0.39, 0.29) is 22.0 Å². The van der Waals surface area contributed by atoms with Crippen LogP contribution in [0.2, 0.25) is 10.2 Å². The van der Waals surface area contributed by atoms with Gasteiger partial charge in [0.1, 0.15) is 5.15 Å². The highest BCUT2D eigenvalue weighted by Gasteiger charge is 2.23. The molecule has 1 aliphatic rings. The van der Waals surface area contributed by atoms with E-state index in [1.807, 2.05) is 0 Å². The molecule has 1 aromatic rings. The Morgan fingerprint density at radius 2 is 2.11 bits per heavy atom. The van der Waals surface area contributed by atoms with Gasteiger partial charge in [0.05, 0.1) is 16.7 Å².